The molecule has 0 unspecified atom stereocenters. The summed E-state index contributed by atoms with van der Waals surface area (Å²) >= 11 is 0.857. The lowest BCUT2D eigenvalue weighted by Gasteiger charge is -2.11. The number of hydrogen-bond acceptors (Lipinski definition) is 6. The number of thioether (sulfide) groups is 1. The van der Waals surface area contributed by atoms with Gasteiger partial charge < -0.3 is 10.1 Å². The Morgan fingerprint density at radius 2 is 1.62 bits per heavy atom. The van der Waals surface area contributed by atoms with Crippen molar-refractivity contribution in [3.63, 3.8) is 0 Å². The number of para-hydroxylation sites is 1. The van der Waals surface area contributed by atoms with E-state index in [-0.39, 0.29) is 15.7 Å². The van der Waals surface area contributed by atoms with Crippen LogP contribution in [-0.2, 0) is 14.3 Å². The van der Waals surface area contributed by atoms with Crippen LogP contribution in [0.25, 0.3) is 6.08 Å². The zero-order valence-electron chi connectivity index (χ0n) is 18.2. The van der Waals surface area contributed by atoms with Crippen molar-refractivity contribution < 1.29 is 23.9 Å². The van der Waals surface area contributed by atoms with Crippen LogP contribution in [0.1, 0.15) is 21.5 Å². The maximum absolute atomic E-state index is 12.7. The Balaban J connectivity index is 1.35. The summed E-state index contributed by atoms with van der Waals surface area (Å²) in [5.74, 6) is -1.48. The van der Waals surface area contributed by atoms with Gasteiger partial charge in [-0.15, -0.1) is 0 Å². The average molecular weight is 473 g/mol. The SMILES string of the molecule is Cc1ccc(NC(=O)COC(=O)c2ccc(/C=C3/SC(=O)N(c4ccccc4)C3=O)cc2)cc1. The second-order valence-electron chi connectivity index (χ2n) is 7.47. The first-order valence-corrected chi connectivity index (χ1v) is 11.2. The predicted octanol–water partition coefficient (Wildman–Crippen LogP) is 5.03. The van der Waals surface area contributed by atoms with Gasteiger partial charge in [-0.3, -0.25) is 14.4 Å². The van der Waals surface area contributed by atoms with Crippen LogP contribution in [-0.4, -0.2) is 29.6 Å². The number of hydrogen-bond donors (Lipinski definition) is 1. The van der Waals surface area contributed by atoms with Gasteiger partial charge in [-0.05, 0) is 66.7 Å². The Morgan fingerprint density at radius 3 is 2.29 bits per heavy atom. The molecule has 7 nitrogen and oxygen atoms in total. The van der Waals surface area contributed by atoms with Gasteiger partial charge in [0.15, 0.2) is 6.61 Å². The van der Waals surface area contributed by atoms with E-state index in [2.05, 4.69) is 5.32 Å². The van der Waals surface area contributed by atoms with Crippen molar-refractivity contribution in [2.24, 2.45) is 0 Å². The lowest BCUT2D eigenvalue weighted by atomic mass is 10.1. The lowest BCUT2D eigenvalue weighted by Crippen LogP contribution is -2.27. The lowest BCUT2D eigenvalue weighted by molar-refractivity contribution is -0.119. The molecule has 3 aromatic rings. The van der Waals surface area contributed by atoms with E-state index in [1.54, 1.807) is 60.7 Å². The number of esters is 1. The van der Waals surface area contributed by atoms with Crippen molar-refractivity contribution in [2.45, 2.75) is 6.92 Å². The number of amides is 3. The van der Waals surface area contributed by atoms with Gasteiger partial charge in [0, 0.05) is 5.69 Å². The van der Waals surface area contributed by atoms with Crippen LogP contribution >= 0.6 is 11.8 Å². The van der Waals surface area contributed by atoms with Crippen LogP contribution < -0.4 is 10.2 Å². The topological polar surface area (TPSA) is 92.8 Å². The number of anilines is 2. The van der Waals surface area contributed by atoms with Crippen LogP contribution in [0.5, 0.6) is 0 Å². The highest BCUT2D eigenvalue weighted by Gasteiger charge is 2.36. The zero-order valence-corrected chi connectivity index (χ0v) is 19.0. The molecule has 1 N–H and O–H groups in total. The summed E-state index contributed by atoms with van der Waals surface area (Å²) in [4.78, 5) is 50.7. The maximum atomic E-state index is 12.7. The van der Waals surface area contributed by atoms with Crippen molar-refractivity contribution in [2.75, 3.05) is 16.8 Å². The van der Waals surface area contributed by atoms with Gasteiger partial charge in [0.1, 0.15) is 0 Å². The number of benzene rings is 3. The summed E-state index contributed by atoms with van der Waals surface area (Å²) in [5, 5.41) is 2.29. The first kappa shape index (κ1) is 23.0. The van der Waals surface area contributed by atoms with E-state index in [1.165, 1.54) is 12.1 Å². The van der Waals surface area contributed by atoms with Crippen molar-refractivity contribution in [1.82, 2.24) is 0 Å². The van der Waals surface area contributed by atoms with Crippen molar-refractivity contribution in [3.8, 4) is 0 Å². The number of imide groups is 1. The van der Waals surface area contributed by atoms with Crippen molar-refractivity contribution >= 4 is 52.2 Å². The molecule has 0 aliphatic carbocycles. The molecule has 3 aromatic carbocycles. The van der Waals surface area contributed by atoms with E-state index in [4.69, 9.17) is 4.74 Å². The number of rotatable bonds is 6. The Bertz CT molecular complexity index is 1270. The maximum Gasteiger partial charge on any atom is 0.338 e. The quantitative estimate of drug-likeness (QED) is 0.400. The molecule has 0 atom stereocenters. The number of aryl methyl sites for hydroxylation is 1. The summed E-state index contributed by atoms with van der Waals surface area (Å²) in [7, 11) is 0. The molecule has 3 amide bonds. The molecule has 0 spiro atoms. The van der Waals surface area contributed by atoms with E-state index < -0.39 is 24.4 Å². The van der Waals surface area contributed by atoms with Crippen LogP contribution in [0.3, 0.4) is 0 Å². The highest BCUT2D eigenvalue weighted by atomic mass is 32.2. The van der Waals surface area contributed by atoms with Gasteiger partial charge in [-0.2, -0.15) is 0 Å². The van der Waals surface area contributed by atoms with Gasteiger partial charge in [-0.25, -0.2) is 9.69 Å². The molecule has 4 rings (SSSR count). The fourth-order valence-corrected chi connectivity index (χ4v) is 4.02. The number of nitrogens with one attached hydrogen (secondary N) is 1. The fourth-order valence-electron chi connectivity index (χ4n) is 3.18. The average Bonchev–Trinajstić information content (AvgIpc) is 3.12. The molecule has 34 heavy (non-hydrogen) atoms. The zero-order chi connectivity index (χ0) is 24.1. The molecule has 1 aliphatic heterocycles. The van der Waals surface area contributed by atoms with Crippen LogP contribution in [0.2, 0.25) is 0 Å². The molecular formula is C26H20N2O5S. The predicted molar refractivity (Wildman–Crippen MR) is 131 cm³/mol. The number of carbonyl (C=O) groups excluding carboxylic acids is 4. The third-order valence-electron chi connectivity index (χ3n) is 4.92. The van der Waals surface area contributed by atoms with Crippen molar-refractivity contribution in [1.29, 1.82) is 0 Å². The first-order chi connectivity index (χ1) is 16.4. The Labute approximate surface area is 200 Å². The third-order valence-corrected chi connectivity index (χ3v) is 5.79. The minimum atomic E-state index is -0.644. The summed E-state index contributed by atoms with van der Waals surface area (Å²) < 4.78 is 5.08. The molecule has 1 saturated heterocycles. The molecule has 0 radical (unpaired) electrons. The van der Waals surface area contributed by atoms with Crippen molar-refractivity contribution in [3.05, 3.63) is 100 Å². The van der Waals surface area contributed by atoms with Gasteiger partial charge >= 0.3 is 5.97 Å². The summed E-state index contributed by atoms with van der Waals surface area (Å²) in [5.41, 5.74) is 3.11. The van der Waals surface area contributed by atoms with Crippen LogP contribution in [0, 0.1) is 6.92 Å². The van der Waals surface area contributed by atoms with E-state index in [1.807, 2.05) is 19.1 Å². The normalized spacial score (nSPS) is 14.4. The smallest absolute Gasteiger partial charge is 0.338 e. The van der Waals surface area contributed by atoms with E-state index in [9.17, 15) is 19.2 Å². The van der Waals surface area contributed by atoms with E-state index >= 15 is 0 Å². The molecular weight excluding hydrogens is 452 g/mol. The molecule has 1 aliphatic rings. The second-order valence-corrected chi connectivity index (χ2v) is 8.46. The van der Waals surface area contributed by atoms with Crippen LogP contribution in [0.4, 0.5) is 16.2 Å². The van der Waals surface area contributed by atoms with E-state index in [0.717, 1.165) is 22.2 Å². The second kappa shape index (κ2) is 10.2. The molecule has 0 aromatic heterocycles. The third kappa shape index (κ3) is 5.41. The number of ether oxygens (including phenoxy) is 1. The van der Waals surface area contributed by atoms with Gasteiger partial charge in [0.25, 0.3) is 17.1 Å². The molecule has 170 valence electrons. The van der Waals surface area contributed by atoms with E-state index in [0.29, 0.717) is 16.9 Å². The number of nitrogens with zero attached hydrogens (tertiary/aromatic N) is 1. The minimum absolute atomic E-state index is 0.262. The Kier molecular flexibility index (Phi) is 6.89. The summed E-state index contributed by atoms with van der Waals surface area (Å²) in [6.45, 7) is 1.53. The molecule has 8 heteroatoms. The standard InChI is InChI=1S/C26H20N2O5S/c1-17-7-13-20(14-8-17)27-23(29)16-33-25(31)19-11-9-18(10-12-19)15-22-24(30)28(26(32)34-22)21-5-3-2-4-6-21/h2-15H,16H2,1H3,(H,27,29)/b22-15+. The minimum Gasteiger partial charge on any atom is -0.452 e. The molecule has 0 bridgehead atoms. The monoisotopic (exact) mass is 472 g/mol. The highest BCUT2D eigenvalue weighted by Crippen LogP contribution is 2.35. The first-order valence-electron chi connectivity index (χ1n) is 10.4. The van der Waals surface area contributed by atoms with Gasteiger partial charge in [-0.1, -0.05) is 48.0 Å². The van der Waals surface area contributed by atoms with Crippen LogP contribution in [0.15, 0.2) is 83.8 Å². The summed E-state index contributed by atoms with van der Waals surface area (Å²) in [6.07, 6.45) is 1.60. The number of carbonyl (C=O) groups is 4. The highest BCUT2D eigenvalue weighted by molar-refractivity contribution is 8.19. The Morgan fingerprint density at radius 1 is 0.941 bits per heavy atom. The largest absolute Gasteiger partial charge is 0.452 e. The molecule has 1 heterocycles. The van der Waals surface area contributed by atoms with Gasteiger partial charge in [0.05, 0.1) is 16.2 Å². The van der Waals surface area contributed by atoms with Gasteiger partial charge in [0.2, 0.25) is 0 Å². The summed E-state index contributed by atoms with van der Waals surface area (Å²) in [6, 6.07) is 22.3. The Hall–Kier alpha value is -4.17. The molecule has 0 saturated carbocycles. The molecule has 1 fully saturated rings. The fraction of sp³-hybridized carbons (Fsp3) is 0.0769.